The third-order valence-electron chi connectivity index (χ3n) is 3.15. The first-order valence-electron chi connectivity index (χ1n) is 6.84. The average molecular weight is 283 g/mol. The predicted molar refractivity (Wildman–Crippen MR) is 79.1 cm³/mol. The molecule has 0 radical (unpaired) electrons. The van der Waals surface area contributed by atoms with Gasteiger partial charge in [-0.05, 0) is 19.3 Å². The van der Waals surface area contributed by atoms with Gasteiger partial charge in [-0.2, -0.15) is 0 Å². The van der Waals surface area contributed by atoms with Gasteiger partial charge in [0.2, 0.25) is 5.75 Å². The van der Waals surface area contributed by atoms with E-state index in [0.717, 1.165) is 19.3 Å². The zero-order valence-electron chi connectivity index (χ0n) is 12.8. The van der Waals surface area contributed by atoms with E-state index in [1.54, 1.807) is 33.5 Å². The second-order valence-corrected chi connectivity index (χ2v) is 4.52. The summed E-state index contributed by atoms with van der Waals surface area (Å²) in [5, 5.41) is 0. The molecule has 114 valence electrons. The van der Waals surface area contributed by atoms with Gasteiger partial charge in [-0.3, -0.25) is 0 Å². The minimum atomic E-state index is 0.249. The highest BCUT2D eigenvalue weighted by molar-refractivity contribution is 5.55. The maximum absolute atomic E-state index is 5.87. The number of methoxy groups -OCH3 is 3. The van der Waals surface area contributed by atoms with Crippen LogP contribution in [0.25, 0.3) is 0 Å². The van der Waals surface area contributed by atoms with Gasteiger partial charge in [-0.1, -0.05) is 6.92 Å². The molecule has 5 heteroatoms. The first-order chi connectivity index (χ1) is 9.65. The van der Waals surface area contributed by atoms with Crippen molar-refractivity contribution in [2.75, 3.05) is 27.9 Å². The summed E-state index contributed by atoms with van der Waals surface area (Å²) in [5.41, 5.74) is 5.87. The molecule has 1 unspecified atom stereocenters. The van der Waals surface area contributed by atoms with Crippen molar-refractivity contribution in [1.82, 2.24) is 0 Å². The Morgan fingerprint density at radius 3 is 2.10 bits per heavy atom. The SMILES string of the molecule is CCC(N)CCCOc1cc(OC)c(OC)c(OC)c1. The van der Waals surface area contributed by atoms with E-state index in [2.05, 4.69) is 6.92 Å². The van der Waals surface area contributed by atoms with E-state index in [0.29, 0.717) is 29.6 Å². The molecular formula is C15H25NO4. The molecule has 5 nitrogen and oxygen atoms in total. The van der Waals surface area contributed by atoms with Gasteiger partial charge in [0.25, 0.3) is 0 Å². The van der Waals surface area contributed by atoms with Crippen LogP contribution in [0.1, 0.15) is 26.2 Å². The number of benzene rings is 1. The van der Waals surface area contributed by atoms with Crippen molar-refractivity contribution < 1.29 is 18.9 Å². The van der Waals surface area contributed by atoms with Crippen LogP contribution < -0.4 is 24.7 Å². The Hall–Kier alpha value is -1.62. The van der Waals surface area contributed by atoms with Crippen LogP contribution in [0.15, 0.2) is 12.1 Å². The third-order valence-corrected chi connectivity index (χ3v) is 3.15. The van der Waals surface area contributed by atoms with E-state index >= 15 is 0 Å². The Bertz CT molecular complexity index is 384. The van der Waals surface area contributed by atoms with Gasteiger partial charge in [0, 0.05) is 18.2 Å². The van der Waals surface area contributed by atoms with Crippen LogP contribution in [0.5, 0.6) is 23.0 Å². The largest absolute Gasteiger partial charge is 0.493 e. The first kappa shape index (κ1) is 16.4. The summed E-state index contributed by atoms with van der Waals surface area (Å²) in [4.78, 5) is 0. The summed E-state index contributed by atoms with van der Waals surface area (Å²) in [5.74, 6) is 2.44. The minimum absolute atomic E-state index is 0.249. The summed E-state index contributed by atoms with van der Waals surface area (Å²) in [7, 11) is 4.75. The van der Waals surface area contributed by atoms with Crippen LogP contribution in [0.4, 0.5) is 0 Å². The molecular weight excluding hydrogens is 258 g/mol. The zero-order valence-corrected chi connectivity index (χ0v) is 12.8. The fraction of sp³-hybridized carbons (Fsp3) is 0.600. The highest BCUT2D eigenvalue weighted by Crippen LogP contribution is 2.40. The molecule has 0 aliphatic rings. The Labute approximate surface area is 121 Å². The highest BCUT2D eigenvalue weighted by atomic mass is 16.5. The number of rotatable bonds is 9. The molecule has 0 aliphatic heterocycles. The van der Waals surface area contributed by atoms with E-state index in [1.165, 1.54) is 0 Å². The smallest absolute Gasteiger partial charge is 0.203 e. The van der Waals surface area contributed by atoms with Gasteiger partial charge in [-0.25, -0.2) is 0 Å². The molecule has 1 aromatic carbocycles. The maximum atomic E-state index is 5.87. The van der Waals surface area contributed by atoms with E-state index < -0.39 is 0 Å². The molecule has 0 aliphatic carbocycles. The normalized spacial score (nSPS) is 11.8. The number of ether oxygens (including phenoxy) is 4. The molecule has 0 amide bonds. The fourth-order valence-corrected chi connectivity index (χ4v) is 1.88. The van der Waals surface area contributed by atoms with E-state index in [4.69, 9.17) is 24.7 Å². The van der Waals surface area contributed by atoms with Crippen molar-refractivity contribution in [1.29, 1.82) is 0 Å². The molecule has 0 saturated carbocycles. The second-order valence-electron chi connectivity index (χ2n) is 4.52. The van der Waals surface area contributed by atoms with Gasteiger partial charge in [0.05, 0.1) is 27.9 Å². The monoisotopic (exact) mass is 283 g/mol. The number of nitrogens with two attached hydrogens (primary N) is 1. The summed E-state index contributed by atoms with van der Waals surface area (Å²) in [6, 6.07) is 3.83. The van der Waals surface area contributed by atoms with Crippen molar-refractivity contribution >= 4 is 0 Å². The molecule has 0 bridgehead atoms. The molecule has 1 aromatic rings. The minimum Gasteiger partial charge on any atom is -0.493 e. The van der Waals surface area contributed by atoms with E-state index in [1.807, 2.05) is 0 Å². The van der Waals surface area contributed by atoms with Crippen molar-refractivity contribution in [2.24, 2.45) is 5.73 Å². The average Bonchev–Trinajstić information content (AvgIpc) is 2.49. The number of hydrogen-bond acceptors (Lipinski definition) is 5. The number of hydrogen-bond donors (Lipinski definition) is 1. The van der Waals surface area contributed by atoms with Gasteiger partial charge >= 0.3 is 0 Å². The van der Waals surface area contributed by atoms with Crippen LogP contribution in [0, 0.1) is 0 Å². The molecule has 0 saturated heterocycles. The first-order valence-corrected chi connectivity index (χ1v) is 6.84. The van der Waals surface area contributed by atoms with E-state index in [-0.39, 0.29) is 6.04 Å². The Morgan fingerprint density at radius 1 is 1.05 bits per heavy atom. The zero-order chi connectivity index (χ0) is 15.0. The predicted octanol–water partition coefficient (Wildman–Crippen LogP) is 2.61. The fourth-order valence-electron chi connectivity index (χ4n) is 1.88. The molecule has 0 aromatic heterocycles. The van der Waals surface area contributed by atoms with Crippen molar-refractivity contribution in [3.63, 3.8) is 0 Å². The highest BCUT2D eigenvalue weighted by Gasteiger charge is 2.13. The molecule has 0 spiro atoms. The lowest BCUT2D eigenvalue weighted by molar-refractivity contribution is 0.288. The lowest BCUT2D eigenvalue weighted by Crippen LogP contribution is -2.19. The van der Waals surface area contributed by atoms with Gasteiger partial charge in [0.1, 0.15) is 5.75 Å². The quantitative estimate of drug-likeness (QED) is 0.706. The molecule has 0 heterocycles. The van der Waals surface area contributed by atoms with Crippen LogP contribution in [-0.4, -0.2) is 34.0 Å². The van der Waals surface area contributed by atoms with E-state index in [9.17, 15) is 0 Å². The summed E-state index contributed by atoms with van der Waals surface area (Å²) in [6.07, 6.45) is 2.87. The lowest BCUT2D eigenvalue weighted by atomic mass is 10.1. The van der Waals surface area contributed by atoms with Gasteiger partial charge in [-0.15, -0.1) is 0 Å². The molecule has 1 rings (SSSR count). The molecule has 20 heavy (non-hydrogen) atoms. The Balaban J connectivity index is 2.66. The van der Waals surface area contributed by atoms with Gasteiger partial charge < -0.3 is 24.7 Å². The van der Waals surface area contributed by atoms with Crippen LogP contribution in [0.3, 0.4) is 0 Å². The third kappa shape index (κ3) is 4.49. The Kier molecular flexibility index (Phi) is 7.01. The Morgan fingerprint density at radius 2 is 1.65 bits per heavy atom. The van der Waals surface area contributed by atoms with Crippen LogP contribution >= 0.6 is 0 Å². The molecule has 0 fully saturated rings. The van der Waals surface area contributed by atoms with Crippen LogP contribution in [0.2, 0.25) is 0 Å². The summed E-state index contributed by atoms with van der Waals surface area (Å²) in [6.45, 7) is 2.71. The maximum Gasteiger partial charge on any atom is 0.203 e. The van der Waals surface area contributed by atoms with Crippen molar-refractivity contribution in [3.05, 3.63) is 12.1 Å². The van der Waals surface area contributed by atoms with Crippen molar-refractivity contribution in [2.45, 2.75) is 32.2 Å². The van der Waals surface area contributed by atoms with Crippen LogP contribution in [-0.2, 0) is 0 Å². The standard InChI is InChI=1S/C15H25NO4/c1-5-11(16)7-6-8-20-12-9-13(17-2)15(19-4)14(10-12)18-3/h9-11H,5-8,16H2,1-4H3. The second kappa shape index (κ2) is 8.53. The summed E-state index contributed by atoms with van der Waals surface area (Å²) >= 11 is 0. The topological polar surface area (TPSA) is 62.9 Å². The lowest BCUT2D eigenvalue weighted by Gasteiger charge is -2.15. The molecule has 1 atom stereocenters. The van der Waals surface area contributed by atoms with Gasteiger partial charge in [0.15, 0.2) is 11.5 Å². The molecule has 2 N–H and O–H groups in total. The van der Waals surface area contributed by atoms with Crippen molar-refractivity contribution in [3.8, 4) is 23.0 Å². The summed E-state index contributed by atoms with van der Waals surface area (Å²) < 4.78 is 21.5.